The minimum absolute atomic E-state index is 0.0183. The van der Waals surface area contributed by atoms with Crippen molar-refractivity contribution in [3.05, 3.63) is 58.2 Å². The van der Waals surface area contributed by atoms with Gasteiger partial charge < -0.3 is 24.6 Å². The maximum atomic E-state index is 13.8. The molecule has 2 fully saturated rings. The van der Waals surface area contributed by atoms with Gasteiger partial charge in [-0.3, -0.25) is 4.79 Å². The second-order valence-corrected chi connectivity index (χ2v) is 11.1. The molecule has 2 saturated heterocycles. The number of halogens is 4. The van der Waals surface area contributed by atoms with Crippen LogP contribution < -0.4 is 0 Å². The molecule has 0 aliphatic carbocycles. The number of thioether (sulfide) groups is 1. The van der Waals surface area contributed by atoms with E-state index in [-0.39, 0.29) is 22.9 Å². The highest BCUT2D eigenvalue weighted by Gasteiger charge is 2.48. The highest BCUT2D eigenvalue weighted by atomic mass is 79.9. The van der Waals surface area contributed by atoms with E-state index in [0.29, 0.717) is 22.5 Å². The average molecular weight is 630 g/mol. The normalized spacial score (nSPS) is 25.0. The summed E-state index contributed by atoms with van der Waals surface area (Å²) in [6, 6.07) is 2.32. The molecular weight excluding hydrogens is 607 g/mol. The van der Waals surface area contributed by atoms with Crippen LogP contribution in [-0.2, 0) is 9.47 Å². The molecule has 2 unspecified atom stereocenters. The summed E-state index contributed by atoms with van der Waals surface area (Å²) in [7, 11) is 1.40. The Bertz CT molecular complexity index is 1360. The van der Waals surface area contributed by atoms with Gasteiger partial charge in [-0.25, -0.2) is 22.8 Å². The van der Waals surface area contributed by atoms with Gasteiger partial charge in [-0.1, -0.05) is 17.0 Å². The Hall–Kier alpha value is -2.56. The van der Waals surface area contributed by atoms with E-state index in [0.717, 1.165) is 30.3 Å². The molecule has 3 aromatic rings. The smallest absolute Gasteiger partial charge is 0.273 e. The number of methoxy groups -OCH3 is 1. The summed E-state index contributed by atoms with van der Waals surface area (Å²) in [6.45, 7) is 0.731. The third-order valence-electron chi connectivity index (χ3n) is 6.60. The van der Waals surface area contributed by atoms with Gasteiger partial charge in [-0.2, -0.15) is 0 Å². The number of rotatable bonds is 7. The van der Waals surface area contributed by atoms with Crippen LogP contribution in [-0.4, -0.2) is 91.6 Å². The number of pyridine rings is 1. The fourth-order valence-corrected chi connectivity index (χ4v) is 6.22. The van der Waals surface area contributed by atoms with Crippen molar-refractivity contribution in [3.8, 4) is 11.3 Å². The molecule has 0 saturated carbocycles. The number of benzene rings is 1. The van der Waals surface area contributed by atoms with Crippen LogP contribution in [0.25, 0.3) is 11.3 Å². The molecule has 10 nitrogen and oxygen atoms in total. The number of amides is 1. The van der Waals surface area contributed by atoms with Crippen molar-refractivity contribution in [2.45, 2.75) is 41.1 Å². The number of carbonyl (C=O) groups excluding carboxylic acids is 1. The summed E-state index contributed by atoms with van der Waals surface area (Å²) < 4.78 is 54.6. The van der Waals surface area contributed by atoms with Crippen LogP contribution in [0.4, 0.5) is 13.2 Å². The first-order chi connectivity index (χ1) is 18.7. The lowest BCUT2D eigenvalue weighted by molar-refractivity contribution is -0.186. The number of hydrogen-bond donors (Lipinski definition) is 2. The quantitative estimate of drug-likeness (QED) is 0.380. The van der Waals surface area contributed by atoms with Crippen molar-refractivity contribution in [1.82, 2.24) is 24.9 Å². The second-order valence-electron chi connectivity index (χ2n) is 9.01. The summed E-state index contributed by atoms with van der Waals surface area (Å²) in [5, 5.41) is 29.0. The topological polar surface area (TPSA) is 123 Å². The zero-order chi connectivity index (χ0) is 27.8. The number of hydrogen-bond acceptors (Lipinski definition) is 9. The minimum Gasteiger partial charge on any atom is -0.394 e. The highest BCUT2D eigenvalue weighted by molar-refractivity contribution is 9.10. The van der Waals surface area contributed by atoms with Crippen molar-refractivity contribution in [2.75, 3.05) is 26.8 Å². The van der Waals surface area contributed by atoms with Crippen LogP contribution in [0.5, 0.6) is 0 Å². The van der Waals surface area contributed by atoms with E-state index >= 15 is 0 Å². The predicted octanol–water partition coefficient (Wildman–Crippen LogP) is 2.79. The summed E-state index contributed by atoms with van der Waals surface area (Å²) in [4.78, 5) is 19.5. The van der Waals surface area contributed by atoms with E-state index < -0.39 is 53.8 Å². The van der Waals surface area contributed by atoms with Gasteiger partial charge in [-0.15, -0.1) is 5.10 Å². The van der Waals surface area contributed by atoms with E-state index in [1.165, 1.54) is 24.2 Å². The largest absolute Gasteiger partial charge is 0.394 e. The molecule has 2 aliphatic rings. The molecule has 2 aromatic heterocycles. The zero-order valence-corrected chi connectivity index (χ0v) is 22.8. The van der Waals surface area contributed by atoms with Crippen molar-refractivity contribution in [1.29, 1.82) is 0 Å². The molecule has 2 aliphatic heterocycles. The molecular formula is C24H23BrF3N5O5S. The highest BCUT2D eigenvalue weighted by Crippen LogP contribution is 2.41. The molecule has 208 valence electrons. The fourth-order valence-electron chi connectivity index (χ4n) is 4.43. The van der Waals surface area contributed by atoms with E-state index in [1.54, 1.807) is 11.0 Å². The molecule has 0 spiro atoms. The molecule has 1 amide bonds. The third-order valence-corrected chi connectivity index (χ3v) is 8.21. The standard InChI is InChI=1S/C24H23BrF3N5O5S/c1-37-22-20(33-9-15(30-31-33)11-5-13(26)18(28)14(27)6-11)21(35)16(10-34)38-24(22)39-17-7-12(25)8-29-19(17)23(36)32-3-2-4-32/h5-9,16,20-22,24,34-35H,2-4,10H2,1H3/t16?,20-,21-,22?,24+/m0/s1. The Morgan fingerprint density at radius 2 is 1.97 bits per heavy atom. The number of aromatic nitrogens is 4. The molecule has 15 heteroatoms. The minimum atomic E-state index is -1.61. The first kappa shape index (κ1) is 28.0. The van der Waals surface area contributed by atoms with Crippen LogP contribution in [0.2, 0.25) is 0 Å². The summed E-state index contributed by atoms with van der Waals surface area (Å²) in [6.07, 6.45) is 0.477. The fraction of sp³-hybridized carbons (Fsp3) is 0.417. The van der Waals surface area contributed by atoms with Crippen molar-refractivity contribution >= 4 is 33.6 Å². The van der Waals surface area contributed by atoms with Gasteiger partial charge >= 0.3 is 0 Å². The predicted molar refractivity (Wildman–Crippen MR) is 135 cm³/mol. The summed E-state index contributed by atoms with van der Waals surface area (Å²) in [5.41, 5.74) is -0.669. The number of ether oxygens (including phenoxy) is 2. The number of carbonyl (C=O) groups is 1. The van der Waals surface area contributed by atoms with Gasteiger partial charge in [-0.05, 0) is 40.5 Å². The van der Waals surface area contributed by atoms with E-state index in [1.807, 2.05) is 0 Å². The monoisotopic (exact) mass is 629 g/mol. The van der Waals surface area contributed by atoms with Crippen LogP contribution in [0, 0.1) is 17.5 Å². The Labute approximate surface area is 233 Å². The average Bonchev–Trinajstić information content (AvgIpc) is 3.36. The lowest BCUT2D eigenvalue weighted by Gasteiger charge is -2.43. The number of aliphatic hydroxyl groups excluding tert-OH is 2. The van der Waals surface area contributed by atoms with Gasteiger partial charge in [0.25, 0.3) is 5.91 Å². The molecule has 5 rings (SSSR count). The molecule has 2 N–H and O–H groups in total. The molecule has 0 radical (unpaired) electrons. The SMILES string of the molecule is COC1[C@@H](Sc2cc(Br)cnc2C(=O)N2CCC2)OC(CO)[C@H](O)[C@@H]1n1cc(-c2cc(F)c(F)c(F)c2)nn1. The Balaban J connectivity index is 1.47. The Morgan fingerprint density at radius 1 is 1.26 bits per heavy atom. The molecule has 4 heterocycles. The first-order valence-electron chi connectivity index (χ1n) is 11.9. The van der Waals surface area contributed by atoms with Gasteiger partial charge in [0.15, 0.2) is 17.5 Å². The van der Waals surface area contributed by atoms with Crippen LogP contribution in [0.15, 0.2) is 40.0 Å². The molecule has 0 bridgehead atoms. The van der Waals surface area contributed by atoms with Crippen molar-refractivity contribution in [2.24, 2.45) is 0 Å². The van der Waals surface area contributed by atoms with Crippen LogP contribution in [0.1, 0.15) is 23.0 Å². The first-order valence-corrected chi connectivity index (χ1v) is 13.5. The third kappa shape index (κ3) is 5.43. The van der Waals surface area contributed by atoms with Crippen molar-refractivity contribution in [3.63, 3.8) is 0 Å². The molecule has 39 heavy (non-hydrogen) atoms. The lowest BCUT2D eigenvalue weighted by Crippen LogP contribution is -2.55. The van der Waals surface area contributed by atoms with Gasteiger partial charge in [0, 0.05) is 41.3 Å². The summed E-state index contributed by atoms with van der Waals surface area (Å²) >= 11 is 4.52. The molecule has 1 aromatic carbocycles. The van der Waals surface area contributed by atoms with Gasteiger partial charge in [0.1, 0.15) is 41.2 Å². The van der Waals surface area contributed by atoms with E-state index in [9.17, 15) is 28.2 Å². The van der Waals surface area contributed by atoms with Crippen LogP contribution in [0.3, 0.4) is 0 Å². The second kappa shape index (κ2) is 11.5. The maximum absolute atomic E-state index is 13.8. The van der Waals surface area contributed by atoms with E-state index in [4.69, 9.17) is 9.47 Å². The Morgan fingerprint density at radius 3 is 2.59 bits per heavy atom. The lowest BCUT2D eigenvalue weighted by atomic mass is 9.97. The van der Waals surface area contributed by atoms with Gasteiger partial charge in [0.2, 0.25) is 0 Å². The van der Waals surface area contributed by atoms with E-state index in [2.05, 4.69) is 31.2 Å². The molecule has 5 atom stereocenters. The Kier molecular flexibility index (Phi) is 8.26. The summed E-state index contributed by atoms with van der Waals surface area (Å²) in [5.74, 6) is -4.60. The number of likely N-dealkylation sites (tertiary alicyclic amines) is 1. The number of nitrogens with zero attached hydrogens (tertiary/aromatic N) is 5. The maximum Gasteiger partial charge on any atom is 0.273 e. The zero-order valence-electron chi connectivity index (χ0n) is 20.4. The van der Waals surface area contributed by atoms with Gasteiger partial charge in [0.05, 0.1) is 12.8 Å². The van der Waals surface area contributed by atoms with Crippen LogP contribution >= 0.6 is 27.7 Å². The number of aliphatic hydroxyl groups is 2. The van der Waals surface area contributed by atoms with Crippen molar-refractivity contribution < 1.29 is 37.7 Å².